The Kier molecular flexibility index (Phi) is 4.56. The molecule has 4 nitrogen and oxygen atoms in total. The number of hydrogen-bond acceptors (Lipinski definition) is 4. The van der Waals surface area contributed by atoms with Crippen LogP contribution in [0.4, 0.5) is 0 Å². The Balaban J connectivity index is 1.61. The third kappa shape index (κ3) is 3.07. The molecule has 1 aliphatic heterocycles. The van der Waals surface area contributed by atoms with Crippen LogP contribution in [0.15, 0.2) is 18.2 Å². The van der Waals surface area contributed by atoms with E-state index in [-0.39, 0.29) is 5.41 Å². The molecule has 1 aromatic carbocycles. The Morgan fingerprint density at radius 1 is 1.13 bits per heavy atom. The second-order valence-corrected chi connectivity index (χ2v) is 7.25. The van der Waals surface area contributed by atoms with Crippen molar-refractivity contribution in [2.24, 2.45) is 5.41 Å². The highest BCUT2D eigenvalue weighted by Crippen LogP contribution is 2.56. The van der Waals surface area contributed by atoms with Crippen LogP contribution in [-0.4, -0.2) is 42.4 Å². The van der Waals surface area contributed by atoms with E-state index in [1.54, 1.807) is 7.11 Å². The van der Waals surface area contributed by atoms with Crippen molar-refractivity contribution in [2.75, 3.05) is 26.8 Å². The van der Waals surface area contributed by atoms with Gasteiger partial charge in [0.1, 0.15) is 0 Å². The molecular weight excluding hydrogens is 290 g/mol. The van der Waals surface area contributed by atoms with Crippen LogP contribution >= 0.6 is 0 Å². The van der Waals surface area contributed by atoms with E-state index in [0.29, 0.717) is 6.61 Å². The number of methoxy groups -OCH3 is 1. The zero-order valence-corrected chi connectivity index (χ0v) is 14.6. The summed E-state index contributed by atoms with van der Waals surface area (Å²) >= 11 is 0. The third-order valence-corrected chi connectivity index (χ3v) is 5.98. The maximum atomic E-state index is 10.5. The summed E-state index contributed by atoms with van der Waals surface area (Å²) in [5.74, 6) is 1.61. The van der Waals surface area contributed by atoms with Crippen molar-refractivity contribution in [3.8, 4) is 11.5 Å². The highest BCUT2D eigenvalue weighted by Gasteiger charge is 2.55. The second-order valence-electron chi connectivity index (χ2n) is 7.25. The molecule has 1 unspecified atom stereocenters. The number of hydrogen-bond donors (Lipinski definition) is 1. The van der Waals surface area contributed by atoms with Gasteiger partial charge >= 0.3 is 0 Å². The van der Waals surface area contributed by atoms with Crippen LogP contribution in [0.2, 0.25) is 0 Å². The first-order valence-electron chi connectivity index (χ1n) is 8.74. The molecule has 1 atom stereocenters. The average Bonchev–Trinajstić information content (AvgIpc) is 2.56. The highest BCUT2D eigenvalue weighted by atomic mass is 16.5. The molecule has 1 saturated heterocycles. The monoisotopic (exact) mass is 319 g/mol. The summed E-state index contributed by atoms with van der Waals surface area (Å²) in [6.07, 6.45) is 4.36. The first-order chi connectivity index (χ1) is 11.0. The standard InChI is InChI=1S/C19H29NO3/c1-4-23-16-6-5-15(13-17(16)22-3)14-20-11-9-19(10-12-20)8-7-18(19,2)21/h5-6,13,21H,4,7-12,14H2,1-3H3. The average molecular weight is 319 g/mol. The van der Waals surface area contributed by atoms with Gasteiger partial charge in [0.05, 0.1) is 19.3 Å². The largest absolute Gasteiger partial charge is 0.493 e. The Hall–Kier alpha value is -1.26. The molecule has 1 N–H and O–H groups in total. The molecule has 1 heterocycles. The minimum absolute atomic E-state index is 0.181. The molecule has 23 heavy (non-hydrogen) atoms. The fraction of sp³-hybridized carbons (Fsp3) is 0.684. The van der Waals surface area contributed by atoms with E-state index in [0.717, 1.165) is 50.4 Å². The van der Waals surface area contributed by atoms with Crippen molar-refractivity contribution in [3.63, 3.8) is 0 Å². The van der Waals surface area contributed by atoms with Crippen LogP contribution < -0.4 is 9.47 Å². The smallest absolute Gasteiger partial charge is 0.161 e. The SMILES string of the molecule is CCOc1ccc(CN2CCC3(CC2)CCC3(C)O)cc1OC. The van der Waals surface area contributed by atoms with Gasteiger partial charge in [-0.15, -0.1) is 0 Å². The second kappa shape index (κ2) is 6.33. The fourth-order valence-electron chi connectivity index (χ4n) is 4.11. The van der Waals surface area contributed by atoms with Gasteiger partial charge in [-0.1, -0.05) is 6.07 Å². The minimum atomic E-state index is -0.443. The van der Waals surface area contributed by atoms with E-state index in [2.05, 4.69) is 17.0 Å². The van der Waals surface area contributed by atoms with Gasteiger partial charge in [0.25, 0.3) is 0 Å². The highest BCUT2D eigenvalue weighted by molar-refractivity contribution is 5.43. The first-order valence-corrected chi connectivity index (χ1v) is 8.74. The Labute approximate surface area is 139 Å². The molecule has 2 fully saturated rings. The number of likely N-dealkylation sites (tertiary alicyclic amines) is 1. The summed E-state index contributed by atoms with van der Waals surface area (Å²) in [5.41, 5.74) is 0.989. The van der Waals surface area contributed by atoms with E-state index in [4.69, 9.17) is 9.47 Å². The number of piperidine rings is 1. The lowest BCUT2D eigenvalue weighted by molar-refractivity contribution is -0.177. The van der Waals surface area contributed by atoms with Crippen molar-refractivity contribution in [1.82, 2.24) is 4.90 Å². The predicted molar refractivity (Wildman–Crippen MR) is 91.0 cm³/mol. The number of benzene rings is 1. The zero-order valence-electron chi connectivity index (χ0n) is 14.6. The van der Waals surface area contributed by atoms with E-state index in [1.165, 1.54) is 12.0 Å². The van der Waals surface area contributed by atoms with Gasteiger partial charge in [-0.05, 0) is 70.3 Å². The molecule has 4 heteroatoms. The lowest BCUT2D eigenvalue weighted by Crippen LogP contribution is -2.59. The number of aliphatic hydroxyl groups is 1. The van der Waals surface area contributed by atoms with Crippen molar-refractivity contribution < 1.29 is 14.6 Å². The molecule has 0 aromatic heterocycles. The van der Waals surface area contributed by atoms with Crippen molar-refractivity contribution >= 4 is 0 Å². The Bertz CT molecular complexity index is 548. The molecule has 1 aliphatic carbocycles. The van der Waals surface area contributed by atoms with Gasteiger partial charge in [0.2, 0.25) is 0 Å². The molecule has 1 saturated carbocycles. The van der Waals surface area contributed by atoms with E-state index in [9.17, 15) is 5.11 Å². The number of nitrogens with zero attached hydrogens (tertiary/aromatic N) is 1. The summed E-state index contributed by atoms with van der Waals surface area (Å²) in [6.45, 7) is 7.69. The first kappa shape index (κ1) is 16.6. The topological polar surface area (TPSA) is 41.9 Å². The molecular formula is C19H29NO3. The summed E-state index contributed by atoms with van der Waals surface area (Å²) in [4.78, 5) is 2.48. The van der Waals surface area contributed by atoms with Crippen LogP contribution in [0.25, 0.3) is 0 Å². The summed E-state index contributed by atoms with van der Waals surface area (Å²) in [6, 6.07) is 6.20. The quantitative estimate of drug-likeness (QED) is 0.905. The number of ether oxygens (including phenoxy) is 2. The van der Waals surface area contributed by atoms with Crippen LogP contribution in [-0.2, 0) is 6.54 Å². The van der Waals surface area contributed by atoms with E-state index in [1.807, 2.05) is 19.9 Å². The lowest BCUT2D eigenvalue weighted by Gasteiger charge is -2.58. The van der Waals surface area contributed by atoms with Gasteiger partial charge in [-0.3, -0.25) is 4.90 Å². The molecule has 1 spiro atoms. The normalized spacial score (nSPS) is 26.8. The third-order valence-electron chi connectivity index (χ3n) is 5.98. The van der Waals surface area contributed by atoms with Crippen molar-refractivity contribution in [2.45, 2.75) is 51.7 Å². The molecule has 2 aliphatic rings. The Morgan fingerprint density at radius 2 is 1.87 bits per heavy atom. The van der Waals surface area contributed by atoms with Crippen LogP contribution in [0.3, 0.4) is 0 Å². The fourth-order valence-corrected chi connectivity index (χ4v) is 4.11. The molecule has 3 rings (SSSR count). The Morgan fingerprint density at radius 3 is 2.39 bits per heavy atom. The van der Waals surface area contributed by atoms with Gasteiger partial charge in [0, 0.05) is 12.0 Å². The molecule has 128 valence electrons. The van der Waals surface area contributed by atoms with Gasteiger partial charge in [0.15, 0.2) is 11.5 Å². The minimum Gasteiger partial charge on any atom is -0.493 e. The molecule has 0 amide bonds. The molecule has 0 bridgehead atoms. The molecule has 1 aromatic rings. The van der Waals surface area contributed by atoms with Gasteiger partial charge < -0.3 is 14.6 Å². The van der Waals surface area contributed by atoms with Crippen molar-refractivity contribution in [3.05, 3.63) is 23.8 Å². The van der Waals surface area contributed by atoms with Gasteiger partial charge in [-0.25, -0.2) is 0 Å². The van der Waals surface area contributed by atoms with Crippen LogP contribution in [0.1, 0.15) is 45.1 Å². The lowest BCUT2D eigenvalue weighted by atomic mass is 9.53. The number of rotatable bonds is 5. The van der Waals surface area contributed by atoms with Gasteiger partial charge in [-0.2, -0.15) is 0 Å². The maximum absolute atomic E-state index is 10.5. The zero-order chi connectivity index (χ0) is 16.5. The van der Waals surface area contributed by atoms with Crippen molar-refractivity contribution in [1.29, 1.82) is 0 Å². The van der Waals surface area contributed by atoms with Crippen LogP contribution in [0.5, 0.6) is 11.5 Å². The summed E-state index contributed by atoms with van der Waals surface area (Å²) in [7, 11) is 1.69. The van der Waals surface area contributed by atoms with E-state index < -0.39 is 5.60 Å². The van der Waals surface area contributed by atoms with Crippen LogP contribution in [0, 0.1) is 5.41 Å². The molecule has 0 radical (unpaired) electrons. The summed E-state index contributed by atoms with van der Waals surface area (Å²) in [5, 5.41) is 10.5. The van der Waals surface area contributed by atoms with E-state index >= 15 is 0 Å². The summed E-state index contributed by atoms with van der Waals surface area (Å²) < 4.78 is 11.0. The maximum Gasteiger partial charge on any atom is 0.161 e. The predicted octanol–water partition coefficient (Wildman–Crippen LogP) is 3.22.